The average molecular weight is 412 g/mol. The highest BCUT2D eigenvalue weighted by molar-refractivity contribution is 14.1. The first kappa shape index (κ1) is 16.5. The SMILES string of the molecule is Cc1ccc(S[C@H]2O[C@H](C(O)I)[C@@H](O)[C@H](O)[C@@H]2O)cc1. The Morgan fingerprint density at radius 1 is 1.10 bits per heavy atom. The average Bonchev–Trinajstić information content (AvgIpc) is 2.41. The summed E-state index contributed by atoms with van der Waals surface area (Å²) in [5.74, 6) is 0. The van der Waals surface area contributed by atoms with Crippen molar-refractivity contribution >= 4 is 34.4 Å². The summed E-state index contributed by atoms with van der Waals surface area (Å²) in [4.78, 5) is 0.880. The standard InChI is InChI=1S/C13H17IO5S/c1-6-2-4-7(5-3-6)20-13-10(17)8(15)9(16)11(19-13)12(14)18/h2-5,8-13,15-18H,1H3/t8-,9-,10-,11-,12?,13+/m0/s1. The fraction of sp³-hybridized carbons (Fsp3) is 0.538. The summed E-state index contributed by atoms with van der Waals surface area (Å²) in [5, 5.41) is 39.2. The summed E-state index contributed by atoms with van der Waals surface area (Å²) in [7, 11) is 0. The maximum Gasteiger partial charge on any atom is 0.136 e. The number of benzene rings is 1. The van der Waals surface area contributed by atoms with Gasteiger partial charge in [0.1, 0.15) is 34.0 Å². The van der Waals surface area contributed by atoms with E-state index in [4.69, 9.17) is 4.74 Å². The van der Waals surface area contributed by atoms with Crippen LogP contribution >= 0.6 is 34.4 Å². The molecule has 1 unspecified atom stereocenters. The Morgan fingerprint density at radius 2 is 1.70 bits per heavy atom. The Bertz CT molecular complexity index is 441. The third kappa shape index (κ3) is 3.65. The maximum atomic E-state index is 9.98. The number of hydrogen-bond donors (Lipinski definition) is 4. The number of hydrogen-bond acceptors (Lipinski definition) is 6. The quantitative estimate of drug-likeness (QED) is 0.431. The minimum Gasteiger partial charge on any atom is -0.387 e. The Labute approximate surface area is 135 Å². The van der Waals surface area contributed by atoms with Gasteiger partial charge in [-0.25, -0.2) is 0 Å². The molecule has 0 saturated carbocycles. The van der Waals surface area contributed by atoms with Gasteiger partial charge < -0.3 is 25.2 Å². The van der Waals surface area contributed by atoms with Crippen molar-refractivity contribution in [2.24, 2.45) is 0 Å². The number of rotatable bonds is 3. The number of thioether (sulfide) groups is 1. The molecule has 0 amide bonds. The van der Waals surface area contributed by atoms with Crippen molar-refractivity contribution in [3.63, 3.8) is 0 Å². The van der Waals surface area contributed by atoms with Gasteiger partial charge in [0.15, 0.2) is 0 Å². The van der Waals surface area contributed by atoms with Crippen molar-refractivity contribution < 1.29 is 25.2 Å². The molecule has 1 aliphatic rings. The Morgan fingerprint density at radius 3 is 2.25 bits per heavy atom. The Balaban J connectivity index is 2.11. The number of halogens is 1. The third-order valence-corrected chi connectivity index (χ3v) is 5.03. The molecule has 1 fully saturated rings. The highest BCUT2D eigenvalue weighted by Crippen LogP contribution is 2.35. The first-order valence-corrected chi connectivity index (χ1v) is 8.28. The molecular formula is C13H17IO5S. The largest absolute Gasteiger partial charge is 0.387 e. The van der Waals surface area contributed by atoms with E-state index in [0.29, 0.717) is 0 Å². The van der Waals surface area contributed by atoms with Crippen LogP contribution in [0.15, 0.2) is 29.2 Å². The lowest BCUT2D eigenvalue weighted by Gasteiger charge is -2.40. The van der Waals surface area contributed by atoms with E-state index in [1.165, 1.54) is 11.8 Å². The van der Waals surface area contributed by atoms with Crippen LogP contribution in [0.2, 0.25) is 0 Å². The van der Waals surface area contributed by atoms with Gasteiger partial charge in [0.05, 0.1) is 0 Å². The second-order valence-electron chi connectivity index (χ2n) is 4.74. The van der Waals surface area contributed by atoms with Gasteiger partial charge in [-0.1, -0.05) is 29.5 Å². The molecule has 0 aliphatic carbocycles. The van der Waals surface area contributed by atoms with Crippen molar-refractivity contribution in [1.29, 1.82) is 0 Å². The van der Waals surface area contributed by atoms with Crippen LogP contribution < -0.4 is 0 Å². The Hall–Kier alpha value is 0.100. The monoisotopic (exact) mass is 412 g/mol. The fourth-order valence-electron chi connectivity index (χ4n) is 1.95. The molecule has 112 valence electrons. The van der Waals surface area contributed by atoms with Gasteiger partial charge in [0.2, 0.25) is 0 Å². The van der Waals surface area contributed by atoms with Crippen molar-refractivity contribution in [1.82, 2.24) is 0 Å². The van der Waals surface area contributed by atoms with Crippen LogP contribution in [0.25, 0.3) is 0 Å². The number of aliphatic hydroxyl groups excluding tert-OH is 4. The molecule has 2 rings (SSSR count). The lowest BCUT2D eigenvalue weighted by Crippen LogP contribution is -2.58. The van der Waals surface area contributed by atoms with Crippen molar-refractivity contribution in [2.75, 3.05) is 0 Å². The van der Waals surface area contributed by atoms with Crippen LogP contribution in [-0.4, -0.2) is 54.4 Å². The molecule has 0 bridgehead atoms. The predicted octanol–water partition coefficient (Wildman–Crippen LogP) is 0.648. The Kier molecular flexibility index (Phi) is 5.69. The van der Waals surface area contributed by atoms with Gasteiger partial charge in [0.25, 0.3) is 0 Å². The van der Waals surface area contributed by atoms with E-state index in [1.54, 1.807) is 22.6 Å². The van der Waals surface area contributed by atoms with Gasteiger partial charge in [-0.2, -0.15) is 0 Å². The van der Waals surface area contributed by atoms with Crippen LogP contribution in [0.5, 0.6) is 0 Å². The minimum absolute atomic E-state index is 0.745. The van der Waals surface area contributed by atoms with E-state index in [-0.39, 0.29) is 0 Å². The fourth-order valence-corrected chi connectivity index (χ4v) is 3.59. The zero-order chi connectivity index (χ0) is 14.9. The summed E-state index contributed by atoms with van der Waals surface area (Å²) in [6.45, 7) is 1.98. The van der Waals surface area contributed by atoms with E-state index in [2.05, 4.69) is 0 Å². The minimum atomic E-state index is -1.35. The second kappa shape index (κ2) is 6.91. The van der Waals surface area contributed by atoms with Crippen molar-refractivity contribution in [2.45, 2.75) is 45.8 Å². The van der Waals surface area contributed by atoms with E-state index in [9.17, 15) is 20.4 Å². The van der Waals surface area contributed by atoms with Gasteiger partial charge in [-0.05, 0) is 41.6 Å². The highest BCUT2D eigenvalue weighted by Gasteiger charge is 2.46. The smallest absolute Gasteiger partial charge is 0.136 e. The molecule has 20 heavy (non-hydrogen) atoms. The molecule has 0 radical (unpaired) electrons. The molecule has 0 aromatic heterocycles. The summed E-state index contributed by atoms with van der Waals surface area (Å²) in [6, 6.07) is 7.66. The van der Waals surface area contributed by atoms with E-state index < -0.39 is 34.0 Å². The number of aryl methyl sites for hydroxylation is 1. The molecule has 1 aromatic rings. The zero-order valence-electron chi connectivity index (χ0n) is 10.8. The van der Waals surface area contributed by atoms with Gasteiger partial charge in [0, 0.05) is 4.90 Å². The third-order valence-electron chi connectivity index (χ3n) is 3.15. The second-order valence-corrected chi connectivity index (χ2v) is 7.19. The topological polar surface area (TPSA) is 90.2 Å². The van der Waals surface area contributed by atoms with Crippen molar-refractivity contribution in [3.05, 3.63) is 29.8 Å². The maximum absolute atomic E-state index is 9.98. The molecule has 1 saturated heterocycles. The lowest BCUT2D eigenvalue weighted by molar-refractivity contribution is -0.208. The van der Waals surface area contributed by atoms with E-state index >= 15 is 0 Å². The number of alkyl halides is 1. The number of ether oxygens (including phenoxy) is 1. The van der Waals surface area contributed by atoms with Crippen LogP contribution in [-0.2, 0) is 4.74 Å². The number of aliphatic hydroxyl groups is 4. The summed E-state index contributed by atoms with van der Waals surface area (Å²) in [6.07, 6.45) is -4.81. The molecule has 1 heterocycles. The molecule has 5 nitrogen and oxygen atoms in total. The van der Waals surface area contributed by atoms with Crippen molar-refractivity contribution in [3.8, 4) is 0 Å². The van der Waals surface area contributed by atoms with Crippen LogP contribution in [0.1, 0.15) is 5.56 Å². The zero-order valence-corrected chi connectivity index (χ0v) is 13.7. The predicted molar refractivity (Wildman–Crippen MR) is 83.7 cm³/mol. The van der Waals surface area contributed by atoms with Gasteiger partial charge in [-0.3, -0.25) is 0 Å². The van der Waals surface area contributed by atoms with Gasteiger partial charge >= 0.3 is 0 Å². The molecule has 0 spiro atoms. The van der Waals surface area contributed by atoms with Gasteiger partial charge in [-0.15, -0.1) is 0 Å². The molecule has 4 N–H and O–H groups in total. The molecule has 1 aromatic carbocycles. The first-order valence-electron chi connectivity index (χ1n) is 6.15. The summed E-state index contributed by atoms with van der Waals surface area (Å²) >= 11 is 2.96. The molecule has 7 heteroatoms. The molecule has 6 atom stereocenters. The molecule has 1 aliphatic heterocycles. The van der Waals surface area contributed by atoms with E-state index in [0.717, 1.165) is 10.5 Å². The van der Waals surface area contributed by atoms with Crippen LogP contribution in [0.4, 0.5) is 0 Å². The summed E-state index contributed by atoms with van der Waals surface area (Å²) < 4.78 is 4.56. The highest BCUT2D eigenvalue weighted by atomic mass is 127. The molecular weight excluding hydrogens is 395 g/mol. The first-order chi connectivity index (χ1) is 9.40. The van der Waals surface area contributed by atoms with Crippen LogP contribution in [0.3, 0.4) is 0 Å². The normalized spacial score (nSPS) is 35.8. The van der Waals surface area contributed by atoms with Crippen LogP contribution in [0, 0.1) is 6.92 Å². The summed E-state index contributed by atoms with van der Waals surface area (Å²) in [5.41, 5.74) is 0.376. The lowest BCUT2D eigenvalue weighted by atomic mass is 10.0. The van der Waals surface area contributed by atoms with E-state index in [1.807, 2.05) is 31.2 Å².